The summed E-state index contributed by atoms with van der Waals surface area (Å²) in [5.74, 6) is 1.61. The summed E-state index contributed by atoms with van der Waals surface area (Å²) < 4.78 is 5.52. The van der Waals surface area contributed by atoms with Gasteiger partial charge in [-0.05, 0) is 43.9 Å². The first-order chi connectivity index (χ1) is 16.1. The third-order valence-electron chi connectivity index (χ3n) is 6.47. The van der Waals surface area contributed by atoms with Crippen LogP contribution in [0.5, 0.6) is 5.75 Å². The van der Waals surface area contributed by atoms with Crippen molar-refractivity contribution in [2.24, 2.45) is 4.99 Å². The van der Waals surface area contributed by atoms with Crippen molar-refractivity contribution in [2.45, 2.75) is 44.8 Å². The lowest BCUT2D eigenvalue weighted by Crippen LogP contribution is -2.51. The zero-order valence-electron chi connectivity index (χ0n) is 20.1. The number of carbonyl (C=O) groups excluding carboxylic acids is 1. The first kappa shape index (κ1) is 26.3. The standard InChI is InChI=1S/C26H35N5O2.HI/c1-20-17-22(13-16-30(20)18-21-9-4-3-5-10-21)29-26(27-2)28-14-8-15-31-23-11-6-7-12-24(23)33-19-25(31)32;/h3-7,9-12,20,22H,8,13-19H2,1-2H3,(H2,27,28,29);1H. The van der Waals surface area contributed by atoms with E-state index in [1.165, 1.54) is 5.56 Å². The molecule has 2 heterocycles. The number of aliphatic imine (C=N–C) groups is 1. The predicted molar refractivity (Wildman–Crippen MR) is 148 cm³/mol. The van der Waals surface area contributed by atoms with Gasteiger partial charge in [-0.25, -0.2) is 0 Å². The maximum absolute atomic E-state index is 12.3. The second-order valence-corrected chi connectivity index (χ2v) is 8.83. The van der Waals surface area contributed by atoms with Gasteiger partial charge in [0.15, 0.2) is 12.6 Å². The Morgan fingerprint density at radius 3 is 2.68 bits per heavy atom. The lowest BCUT2D eigenvalue weighted by atomic mass is 9.97. The van der Waals surface area contributed by atoms with Gasteiger partial charge in [-0.3, -0.25) is 14.7 Å². The number of carbonyl (C=O) groups is 1. The number of nitrogens with zero attached hydrogens (tertiary/aromatic N) is 3. The van der Waals surface area contributed by atoms with Crippen molar-refractivity contribution in [3.05, 3.63) is 60.2 Å². The van der Waals surface area contributed by atoms with Crippen LogP contribution in [0, 0.1) is 0 Å². The number of anilines is 1. The average molecular weight is 578 g/mol. The fourth-order valence-corrected chi connectivity index (χ4v) is 4.64. The van der Waals surface area contributed by atoms with Gasteiger partial charge in [-0.1, -0.05) is 42.5 Å². The molecule has 184 valence electrons. The highest BCUT2D eigenvalue weighted by molar-refractivity contribution is 14.0. The number of likely N-dealkylation sites (tertiary alicyclic amines) is 1. The number of nitrogens with one attached hydrogen (secondary N) is 2. The monoisotopic (exact) mass is 577 g/mol. The zero-order valence-corrected chi connectivity index (χ0v) is 22.4. The summed E-state index contributed by atoms with van der Waals surface area (Å²) in [5.41, 5.74) is 2.22. The van der Waals surface area contributed by atoms with Crippen LogP contribution in [0.3, 0.4) is 0 Å². The summed E-state index contributed by atoms with van der Waals surface area (Å²) >= 11 is 0. The van der Waals surface area contributed by atoms with Crippen LogP contribution < -0.4 is 20.3 Å². The van der Waals surface area contributed by atoms with Crippen LogP contribution in [0.25, 0.3) is 0 Å². The van der Waals surface area contributed by atoms with Gasteiger partial charge < -0.3 is 20.3 Å². The number of hydrogen-bond donors (Lipinski definition) is 2. The van der Waals surface area contributed by atoms with E-state index >= 15 is 0 Å². The molecule has 2 aromatic carbocycles. The molecule has 0 bridgehead atoms. The van der Waals surface area contributed by atoms with E-state index in [0.717, 1.165) is 56.3 Å². The fraction of sp³-hybridized carbons (Fsp3) is 0.462. The van der Waals surface area contributed by atoms with Crippen molar-refractivity contribution in [3.63, 3.8) is 0 Å². The molecule has 0 radical (unpaired) electrons. The highest BCUT2D eigenvalue weighted by atomic mass is 127. The maximum Gasteiger partial charge on any atom is 0.265 e. The number of halogens is 1. The SMILES string of the molecule is CN=C(NCCCN1C(=O)COc2ccccc21)NC1CCN(Cc2ccccc2)C(C)C1.I. The van der Waals surface area contributed by atoms with Crippen molar-refractivity contribution >= 4 is 41.5 Å². The van der Waals surface area contributed by atoms with Crippen LogP contribution in [-0.2, 0) is 11.3 Å². The number of benzene rings is 2. The smallest absolute Gasteiger partial charge is 0.265 e. The lowest BCUT2D eigenvalue weighted by Gasteiger charge is -2.38. The van der Waals surface area contributed by atoms with Gasteiger partial charge in [0.05, 0.1) is 5.69 Å². The molecule has 2 unspecified atom stereocenters. The van der Waals surface area contributed by atoms with Crippen LogP contribution in [0.4, 0.5) is 5.69 Å². The number of rotatable bonds is 7. The van der Waals surface area contributed by atoms with E-state index in [-0.39, 0.29) is 36.5 Å². The molecule has 0 spiro atoms. The third kappa shape index (κ3) is 6.85. The summed E-state index contributed by atoms with van der Waals surface area (Å²) in [6.07, 6.45) is 3.01. The fourth-order valence-electron chi connectivity index (χ4n) is 4.64. The second kappa shape index (κ2) is 12.9. The van der Waals surface area contributed by atoms with Gasteiger partial charge in [0.25, 0.3) is 5.91 Å². The van der Waals surface area contributed by atoms with Crippen LogP contribution in [0.2, 0.25) is 0 Å². The number of para-hydroxylation sites is 2. The van der Waals surface area contributed by atoms with E-state index in [1.807, 2.05) is 36.2 Å². The van der Waals surface area contributed by atoms with Gasteiger partial charge in [0.2, 0.25) is 0 Å². The summed E-state index contributed by atoms with van der Waals surface area (Å²) in [6.45, 7) is 5.89. The second-order valence-electron chi connectivity index (χ2n) is 8.83. The molecule has 2 atom stereocenters. The van der Waals surface area contributed by atoms with Gasteiger partial charge in [0.1, 0.15) is 5.75 Å². The number of hydrogen-bond acceptors (Lipinski definition) is 4. The maximum atomic E-state index is 12.3. The quantitative estimate of drug-likeness (QED) is 0.228. The Morgan fingerprint density at radius 1 is 1.15 bits per heavy atom. The molecular formula is C26H36IN5O2. The molecule has 2 aliphatic rings. The molecular weight excluding hydrogens is 541 g/mol. The predicted octanol–water partition coefficient (Wildman–Crippen LogP) is 3.64. The minimum Gasteiger partial charge on any atom is -0.482 e. The molecule has 0 saturated carbocycles. The Morgan fingerprint density at radius 2 is 1.91 bits per heavy atom. The largest absolute Gasteiger partial charge is 0.482 e. The molecule has 1 saturated heterocycles. The molecule has 4 rings (SSSR count). The molecule has 1 fully saturated rings. The van der Waals surface area contributed by atoms with E-state index < -0.39 is 0 Å². The average Bonchev–Trinajstić information content (AvgIpc) is 2.84. The van der Waals surface area contributed by atoms with E-state index in [1.54, 1.807) is 0 Å². The molecule has 1 amide bonds. The van der Waals surface area contributed by atoms with Crippen molar-refractivity contribution in [3.8, 4) is 5.75 Å². The Kier molecular flexibility index (Phi) is 10.0. The molecule has 0 aromatic heterocycles. The van der Waals surface area contributed by atoms with E-state index in [9.17, 15) is 4.79 Å². The molecule has 2 N–H and O–H groups in total. The van der Waals surface area contributed by atoms with Crippen molar-refractivity contribution in [1.29, 1.82) is 0 Å². The van der Waals surface area contributed by atoms with Crippen LogP contribution in [0.1, 0.15) is 31.7 Å². The first-order valence-electron chi connectivity index (χ1n) is 11.9. The van der Waals surface area contributed by atoms with Gasteiger partial charge in [0, 0.05) is 45.3 Å². The van der Waals surface area contributed by atoms with Crippen molar-refractivity contribution < 1.29 is 9.53 Å². The first-order valence-corrected chi connectivity index (χ1v) is 11.9. The number of amides is 1. The van der Waals surface area contributed by atoms with Crippen LogP contribution >= 0.6 is 24.0 Å². The number of fused-ring (bicyclic) bond motifs is 1. The number of guanidine groups is 1. The molecule has 2 aliphatic heterocycles. The Hall–Kier alpha value is -2.33. The van der Waals surface area contributed by atoms with Gasteiger partial charge in [-0.2, -0.15) is 0 Å². The third-order valence-corrected chi connectivity index (χ3v) is 6.47. The lowest BCUT2D eigenvalue weighted by molar-refractivity contribution is -0.121. The highest BCUT2D eigenvalue weighted by Crippen LogP contribution is 2.31. The minimum atomic E-state index is 0. The molecule has 2 aromatic rings. The highest BCUT2D eigenvalue weighted by Gasteiger charge is 2.26. The number of piperidine rings is 1. The van der Waals surface area contributed by atoms with Crippen molar-refractivity contribution in [1.82, 2.24) is 15.5 Å². The molecule has 0 aliphatic carbocycles. The Bertz CT molecular complexity index is 955. The Balaban J connectivity index is 0.00000324. The van der Waals surface area contributed by atoms with E-state index in [0.29, 0.717) is 18.6 Å². The summed E-state index contributed by atoms with van der Waals surface area (Å²) in [4.78, 5) is 21.1. The summed E-state index contributed by atoms with van der Waals surface area (Å²) in [7, 11) is 1.81. The van der Waals surface area contributed by atoms with E-state index in [4.69, 9.17) is 4.74 Å². The van der Waals surface area contributed by atoms with Crippen LogP contribution in [-0.4, -0.2) is 62.1 Å². The zero-order chi connectivity index (χ0) is 23.0. The van der Waals surface area contributed by atoms with Gasteiger partial charge >= 0.3 is 0 Å². The van der Waals surface area contributed by atoms with Crippen LogP contribution in [0.15, 0.2) is 59.6 Å². The van der Waals surface area contributed by atoms with Gasteiger partial charge in [-0.15, -0.1) is 24.0 Å². The van der Waals surface area contributed by atoms with Crippen molar-refractivity contribution in [2.75, 3.05) is 38.2 Å². The minimum absolute atomic E-state index is 0. The molecule has 7 nitrogen and oxygen atoms in total. The normalized spacial score (nSPS) is 20.7. The topological polar surface area (TPSA) is 69.2 Å². The number of ether oxygens (including phenoxy) is 1. The summed E-state index contributed by atoms with van der Waals surface area (Å²) in [5, 5.41) is 7.01. The summed E-state index contributed by atoms with van der Waals surface area (Å²) in [6, 6.07) is 19.3. The molecule has 34 heavy (non-hydrogen) atoms. The molecule has 8 heteroatoms. The van der Waals surface area contributed by atoms with E-state index in [2.05, 4.69) is 57.8 Å². The Labute approximate surface area is 220 Å².